The van der Waals surface area contributed by atoms with E-state index >= 15 is 0 Å². The summed E-state index contributed by atoms with van der Waals surface area (Å²) in [6.07, 6.45) is 0. The lowest BCUT2D eigenvalue weighted by molar-refractivity contribution is 1.01. The summed E-state index contributed by atoms with van der Waals surface area (Å²) in [7, 11) is 0. The van der Waals surface area contributed by atoms with Crippen molar-refractivity contribution in [2.45, 2.75) is 0 Å². The molecule has 274 valence electrons. The molecule has 3 nitrogen and oxygen atoms in total. The van der Waals surface area contributed by atoms with Gasteiger partial charge in [-0.3, -0.25) is 4.57 Å². The summed E-state index contributed by atoms with van der Waals surface area (Å²) in [5.74, 6) is 0.643. The fourth-order valence-corrected chi connectivity index (χ4v) is 9.00. The SMILES string of the molecule is c1ccc(-c2ccc(-c3nc(-n4c5cc6ccccc6cc5c5c(-c6ccc7ccccc7c6)cccc54)nc4ccc(-c5ccc6ccccc6c5)cc34)cc2)cc1. The van der Waals surface area contributed by atoms with Gasteiger partial charge in [0.15, 0.2) is 0 Å². The predicted molar refractivity (Wildman–Crippen MR) is 248 cm³/mol. The van der Waals surface area contributed by atoms with Crippen LogP contribution in [0.3, 0.4) is 0 Å². The molecule has 0 radical (unpaired) electrons. The monoisotopic (exact) mass is 749 g/mol. The third-order valence-electron chi connectivity index (χ3n) is 12.0. The minimum absolute atomic E-state index is 0.643. The van der Waals surface area contributed by atoms with E-state index in [1.165, 1.54) is 65.3 Å². The first-order valence-corrected chi connectivity index (χ1v) is 20.1. The number of fused-ring (bicyclic) bond motifs is 7. The van der Waals surface area contributed by atoms with Crippen LogP contribution in [-0.2, 0) is 0 Å². The number of hydrogen-bond donors (Lipinski definition) is 0. The van der Waals surface area contributed by atoms with Gasteiger partial charge in [-0.25, -0.2) is 9.97 Å². The molecule has 0 N–H and O–H groups in total. The molecule has 0 saturated carbocycles. The summed E-state index contributed by atoms with van der Waals surface area (Å²) in [5, 5.41) is 10.6. The molecule has 0 amide bonds. The van der Waals surface area contributed by atoms with Gasteiger partial charge in [0.1, 0.15) is 0 Å². The van der Waals surface area contributed by atoms with Crippen LogP contribution in [0.2, 0.25) is 0 Å². The van der Waals surface area contributed by atoms with Gasteiger partial charge in [0.2, 0.25) is 5.95 Å². The minimum atomic E-state index is 0.643. The normalized spacial score (nSPS) is 11.7. The van der Waals surface area contributed by atoms with Crippen molar-refractivity contribution < 1.29 is 0 Å². The van der Waals surface area contributed by atoms with Gasteiger partial charge < -0.3 is 0 Å². The Balaban J connectivity index is 1.12. The quantitative estimate of drug-likeness (QED) is 0.175. The van der Waals surface area contributed by atoms with E-state index in [0.29, 0.717) is 5.95 Å². The highest BCUT2D eigenvalue weighted by Gasteiger charge is 2.21. The summed E-state index contributed by atoms with van der Waals surface area (Å²) in [4.78, 5) is 11.0. The zero-order valence-electron chi connectivity index (χ0n) is 32.0. The van der Waals surface area contributed by atoms with Gasteiger partial charge in [-0.15, -0.1) is 0 Å². The predicted octanol–water partition coefficient (Wildman–Crippen LogP) is 14.9. The zero-order valence-corrected chi connectivity index (χ0v) is 32.0. The molecule has 12 rings (SSSR count). The van der Waals surface area contributed by atoms with Crippen LogP contribution in [0.25, 0.3) is 116 Å². The topological polar surface area (TPSA) is 30.7 Å². The van der Waals surface area contributed by atoms with Crippen LogP contribution in [0.1, 0.15) is 0 Å². The Morgan fingerprint density at radius 2 is 0.847 bits per heavy atom. The van der Waals surface area contributed by atoms with Crippen LogP contribution in [0.15, 0.2) is 212 Å². The fourth-order valence-electron chi connectivity index (χ4n) is 9.00. The molecular weight excluding hydrogens is 715 g/mol. The molecule has 2 heterocycles. The summed E-state index contributed by atoms with van der Waals surface area (Å²) < 4.78 is 2.28. The van der Waals surface area contributed by atoms with Crippen molar-refractivity contribution in [1.29, 1.82) is 0 Å². The van der Waals surface area contributed by atoms with E-state index in [1.807, 2.05) is 0 Å². The highest BCUT2D eigenvalue weighted by Crippen LogP contribution is 2.41. The number of rotatable bonds is 5. The number of nitrogens with zero attached hydrogens (tertiary/aromatic N) is 3. The molecule has 2 aromatic heterocycles. The summed E-state index contributed by atoms with van der Waals surface area (Å²) >= 11 is 0. The van der Waals surface area contributed by atoms with Gasteiger partial charge in [-0.05, 0) is 108 Å². The Kier molecular flexibility index (Phi) is 7.54. The molecule has 0 unspecified atom stereocenters. The molecule has 0 aliphatic rings. The molecular formula is C56H35N3. The smallest absolute Gasteiger partial charge is 0.235 e. The van der Waals surface area contributed by atoms with Crippen molar-refractivity contribution in [1.82, 2.24) is 14.5 Å². The van der Waals surface area contributed by atoms with Crippen molar-refractivity contribution in [3.05, 3.63) is 212 Å². The minimum Gasteiger partial charge on any atom is -0.278 e. The maximum Gasteiger partial charge on any atom is 0.235 e. The lowest BCUT2D eigenvalue weighted by Gasteiger charge is -2.14. The lowest BCUT2D eigenvalue weighted by Crippen LogP contribution is -2.03. The summed E-state index contributed by atoms with van der Waals surface area (Å²) in [6.45, 7) is 0. The van der Waals surface area contributed by atoms with Crippen molar-refractivity contribution in [3.8, 4) is 50.6 Å². The molecule has 0 spiro atoms. The second-order valence-electron chi connectivity index (χ2n) is 15.4. The van der Waals surface area contributed by atoms with E-state index in [2.05, 4.69) is 217 Å². The Morgan fingerprint density at radius 3 is 1.58 bits per heavy atom. The van der Waals surface area contributed by atoms with Crippen LogP contribution in [0.5, 0.6) is 0 Å². The van der Waals surface area contributed by atoms with Crippen molar-refractivity contribution in [2.24, 2.45) is 0 Å². The molecule has 10 aromatic carbocycles. The van der Waals surface area contributed by atoms with Crippen molar-refractivity contribution in [3.63, 3.8) is 0 Å². The Morgan fingerprint density at radius 1 is 0.305 bits per heavy atom. The highest BCUT2D eigenvalue weighted by atomic mass is 15.2. The molecule has 0 saturated heterocycles. The number of hydrogen-bond acceptors (Lipinski definition) is 2. The number of benzene rings is 10. The van der Waals surface area contributed by atoms with E-state index in [0.717, 1.165) is 44.3 Å². The van der Waals surface area contributed by atoms with Gasteiger partial charge >= 0.3 is 0 Å². The largest absolute Gasteiger partial charge is 0.278 e. The standard InChI is InChI=1S/C56H35N3/c1-2-11-36(12-3-1)39-21-25-40(26-22-39)55-49-33-46(45-27-23-37-13-4-6-15-41(37)31-45)29-30-51(49)57-56(58-55)59-52-20-10-19-48(47-28-24-38-14-5-7-16-42(38)32-47)54(52)50-34-43-17-8-9-18-44(43)35-53(50)59/h1-35H. The van der Waals surface area contributed by atoms with E-state index in [4.69, 9.17) is 9.97 Å². The van der Waals surface area contributed by atoms with E-state index in [1.54, 1.807) is 0 Å². The number of aromatic nitrogens is 3. The van der Waals surface area contributed by atoms with Crippen molar-refractivity contribution >= 4 is 65.0 Å². The first-order valence-electron chi connectivity index (χ1n) is 20.1. The molecule has 12 aromatic rings. The van der Waals surface area contributed by atoms with Crippen LogP contribution < -0.4 is 0 Å². The molecule has 0 fully saturated rings. The van der Waals surface area contributed by atoms with Gasteiger partial charge in [0.05, 0.1) is 22.2 Å². The van der Waals surface area contributed by atoms with Crippen LogP contribution in [0.4, 0.5) is 0 Å². The van der Waals surface area contributed by atoms with Gasteiger partial charge in [-0.2, -0.15) is 0 Å². The van der Waals surface area contributed by atoms with E-state index in [-0.39, 0.29) is 0 Å². The van der Waals surface area contributed by atoms with Crippen LogP contribution >= 0.6 is 0 Å². The average molecular weight is 750 g/mol. The molecule has 59 heavy (non-hydrogen) atoms. The van der Waals surface area contributed by atoms with Crippen LogP contribution in [0, 0.1) is 0 Å². The third kappa shape index (κ3) is 5.59. The molecule has 3 heteroatoms. The van der Waals surface area contributed by atoms with Gasteiger partial charge in [-0.1, -0.05) is 170 Å². The average Bonchev–Trinajstić information content (AvgIpc) is 3.63. The van der Waals surface area contributed by atoms with Gasteiger partial charge in [0, 0.05) is 21.7 Å². The Bertz CT molecular complexity index is 3600. The van der Waals surface area contributed by atoms with E-state index < -0.39 is 0 Å². The second kappa shape index (κ2) is 13.4. The summed E-state index contributed by atoms with van der Waals surface area (Å²) in [5.41, 5.74) is 12.0. The maximum absolute atomic E-state index is 5.58. The first-order chi connectivity index (χ1) is 29.2. The van der Waals surface area contributed by atoms with Crippen LogP contribution in [-0.4, -0.2) is 14.5 Å². The molecule has 0 bridgehead atoms. The van der Waals surface area contributed by atoms with Gasteiger partial charge in [0.25, 0.3) is 0 Å². The zero-order chi connectivity index (χ0) is 38.9. The fraction of sp³-hybridized carbons (Fsp3) is 0. The third-order valence-corrected chi connectivity index (χ3v) is 12.0. The molecule has 0 atom stereocenters. The van der Waals surface area contributed by atoms with Crippen molar-refractivity contribution in [2.75, 3.05) is 0 Å². The molecule has 0 aliphatic heterocycles. The Hall–Kier alpha value is -7.88. The maximum atomic E-state index is 5.58. The molecule has 0 aliphatic carbocycles. The summed E-state index contributed by atoms with van der Waals surface area (Å²) in [6, 6.07) is 76.4. The second-order valence-corrected chi connectivity index (χ2v) is 15.4. The lowest BCUT2D eigenvalue weighted by atomic mass is 9.96. The highest BCUT2D eigenvalue weighted by molar-refractivity contribution is 6.19. The first kappa shape index (κ1) is 33.3. The Labute approximate surface area is 341 Å². The van der Waals surface area contributed by atoms with E-state index in [9.17, 15) is 0 Å².